The average Bonchev–Trinajstić information content (AvgIpc) is 2.37. The molecule has 0 atom stereocenters. The fourth-order valence-corrected chi connectivity index (χ4v) is 2.68. The van der Waals surface area contributed by atoms with Gasteiger partial charge in [-0.25, -0.2) is 0 Å². The van der Waals surface area contributed by atoms with Gasteiger partial charge in [-0.1, -0.05) is 30.0 Å². The Balaban J connectivity index is 2.36. The van der Waals surface area contributed by atoms with Crippen molar-refractivity contribution in [2.75, 3.05) is 0 Å². The lowest BCUT2D eigenvalue weighted by Gasteiger charge is -2.13. The van der Waals surface area contributed by atoms with E-state index in [-0.39, 0.29) is 9.79 Å². The fourth-order valence-electron chi connectivity index (χ4n) is 1.65. The van der Waals surface area contributed by atoms with Crippen molar-refractivity contribution >= 4 is 11.8 Å². The van der Waals surface area contributed by atoms with Crippen LogP contribution in [0.4, 0.5) is 26.3 Å². The first-order chi connectivity index (χ1) is 9.68. The molecule has 0 saturated carbocycles. The Morgan fingerprint density at radius 1 is 0.714 bits per heavy atom. The normalized spacial score (nSPS) is 12.5. The van der Waals surface area contributed by atoms with Gasteiger partial charge >= 0.3 is 12.4 Å². The fraction of sp³-hybridized carbons (Fsp3) is 0.143. The zero-order chi connectivity index (χ0) is 15.7. The Labute approximate surface area is 120 Å². The van der Waals surface area contributed by atoms with Gasteiger partial charge < -0.3 is 0 Å². The van der Waals surface area contributed by atoms with Crippen molar-refractivity contribution in [3.05, 3.63) is 59.7 Å². The molecule has 0 radical (unpaired) electrons. The van der Waals surface area contributed by atoms with Gasteiger partial charge in [-0.3, -0.25) is 0 Å². The molecule has 0 aliphatic rings. The van der Waals surface area contributed by atoms with Crippen LogP contribution in [0.3, 0.4) is 0 Å². The monoisotopic (exact) mass is 322 g/mol. The molecule has 7 heteroatoms. The third-order valence-corrected chi connectivity index (χ3v) is 3.65. The van der Waals surface area contributed by atoms with Crippen LogP contribution in [0.5, 0.6) is 0 Å². The molecule has 0 spiro atoms. The first-order valence-corrected chi connectivity index (χ1v) is 6.51. The van der Waals surface area contributed by atoms with Crippen molar-refractivity contribution in [1.82, 2.24) is 0 Å². The minimum Gasteiger partial charge on any atom is -0.166 e. The Hall–Kier alpha value is -1.63. The number of halogens is 6. The van der Waals surface area contributed by atoms with Gasteiger partial charge in [0.05, 0.1) is 11.1 Å². The van der Waals surface area contributed by atoms with E-state index < -0.39 is 23.5 Å². The lowest BCUT2D eigenvalue weighted by Crippen LogP contribution is -2.06. The molecule has 0 aliphatic heterocycles. The molecule has 2 rings (SSSR count). The molecule has 0 nitrogen and oxygen atoms in total. The number of rotatable bonds is 2. The van der Waals surface area contributed by atoms with E-state index in [1.165, 1.54) is 30.3 Å². The molecular weight excluding hydrogens is 314 g/mol. The lowest BCUT2D eigenvalue weighted by molar-refractivity contribution is -0.140. The molecule has 0 unspecified atom stereocenters. The van der Waals surface area contributed by atoms with Crippen molar-refractivity contribution in [2.45, 2.75) is 22.1 Å². The summed E-state index contributed by atoms with van der Waals surface area (Å²) < 4.78 is 76.2. The van der Waals surface area contributed by atoms with Crippen LogP contribution >= 0.6 is 11.8 Å². The highest BCUT2D eigenvalue weighted by Crippen LogP contribution is 2.40. The van der Waals surface area contributed by atoms with E-state index in [1.807, 2.05) is 0 Å². The van der Waals surface area contributed by atoms with E-state index in [1.54, 1.807) is 0 Å². The molecule has 0 N–H and O–H groups in total. The van der Waals surface area contributed by atoms with Crippen molar-refractivity contribution in [1.29, 1.82) is 0 Å². The van der Waals surface area contributed by atoms with Gasteiger partial charge in [-0.2, -0.15) is 26.3 Å². The molecule has 2 aromatic rings. The third-order valence-electron chi connectivity index (χ3n) is 2.58. The van der Waals surface area contributed by atoms with Gasteiger partial charge in [-0.15, -0.1) is 0 Å². The van der Waals surface area contributed by atoms with Gasteiger partial charge in [0.2, 0.25) is 0 Å². The lowest BCUT2D eigenvalue weighted by atomic mass is 10.2. The van der Waals surface area contributed by atoms with Crippen LogP contribution < -0.4 is 0 Å². The van der Waals surface area contributed by atoms with E-state index >= 15 is 0 Å². The smallest absolute Gasteiger partial charge is 0.166 e. The molecule has 2 aromatic carbocycles. The maximum absolute atomic E-state index is 12.8. The maximum atomic E-state index is 12.8. The SMILES string of the molecule is FC(F)(F)c1cccc(Sc2ccccc2C(F)(F)F)c1. The largest absolute Gasteiger partial charge is 0.417 e. The third kappa shape index (κ3) is 3.93. The Morgan fingerprint density at radius 2 is 1.38 bits per heavy atom. The number of benzene rings is 2. The first kappa shape index (κ1) is 15.8. The van der Waals surface area contributed by atoms with Crippen molar-refractivity contribution in [3.63, 3.8) is 0 Å². The van der Waals surface area contributed by atoms with E-state index in [0.717, 1.165) is 18.2 Å². The van der Waals surface area contributed by atoms with E-state index in [4.69, 9.17) is 0 Å². The van der Waals surface area contributed by atoms with E-state index in [0.29, 0.717) is 11.8 Å². The summed E-state index contributed by atoms with van der Waals surface area (Å²) in [5, 5.41) is 0. The molecule has 0 amide bonds. The molecule has 0 bridgehead atoms. The van der Waals surface area contributed by atoms with Crippen LogP contribution in [-0.4, -0.2) is 0 Å². The van der Waals surface area contributed by atoms with Crippen LogP contribution in [0.25, 0.3) is 0 Å². The van der Waals surface area contributed by atoms with Gasteiger partial charge in [-0.05, 0) is 30.3 Å². The van der Waals surface area contributed by atoms with Crippen molar-refractivity contribution in [2.24, 2.45) is 0 Å². The van der Waals surface area contributed by atoms with Gasteiger partial charge in [0.15, 0.2) is 0 Å². The molecule has 112 valence electrons. The Bertz CT molecular complexity index is 630. The summed E-state index contributed by atoms with van der Waals surface area (Å²) >= 11 is 0.651. The zero-order valence-electron chi connectivity index (χ0n) is 10.3. The molecule has 0 fully saturated rings. The summed E-state index contributed by atoms with van der Waals surface area (Å²) in [6, 6.07) is 8.99. The quantitative estimate of drug-likeness (QED) is 0.623. The number of hydrogen-bond acceptors (Lipinski definition) is 1. The average molecular weight is 322 g/mol. The summed E-state index contributed by atoms with van der Waals surface area (Å²) in [6.07, 6.45) is -9.08. The summed E-state index contributed by atoms with van der Waals surface area (Å²) in [7, 11) is 0. The Kier molecular flexibility index (Phi) is 4.22. The van der Waals surface area contributed by atoms with Gasteiger partial charge in [0, 0.05) is 9.79 Å². The molecule has 21 heavy (non-hydrogen) atoms. The highest BCUT2D eigenvalue weighted by atomic mass is 32.2. The van der Waals surface area contributed by atoms with Crippen LogP contribution in [0.15, 0.2) is 58.3 Å². The van der Waals surface area contributed by atoms with Crippen LogP contribution in [0.2, 0.25) is 0 Å². The van der Waals surface area contributed by atoms with E-state index in [9.17, 15) is 26.3 Å². The van der Waals surface area contributed by atoms with Crippen LogP contribution in [0.1, 0.15) is 11.1 Å². The standard InChI is InChI=1S/C14H8F6S/c15-13(16,17)9-4-3-5-10(8-9)21-12-7-2-1-6-11(12)14(18,19)20/h1-8H. The minimum absolute atomic E-state index is 0.0986. The maximum Gasteiger partial charge on any atom is 0.417 e. The minimum atomic E-state index is -4.55. The summed E-state index contributed by atoms with van der Waals surface area (Å²) in [4.78, 5) is -0.0363. The Morgan fingerprint density at radius 3 is 2.00 bits per heavy atom. The molecular formula is C14H8F6S. The first-order valence-electron chi connectivity index (χ1n) is 5.69. The van der Waals surface area contributed by atoms with E-state index in [2.05, 4.69) is 0 Å². The topological polar surface area (TPSA) is 0 Å². The second kappa shape index (κ2) is 5.63. The van der Waals surface area contributed by atoms with Crippen LogP contribution in [0, 0.1) is 0 Å². The predicted octanol–water partition coefficient (Wildman–Crippen LogP) is 5.88. The molecule has 0 heterocycles. The number of hydrogen-bond donors (Lipinski definition) is 0. The molecule has 0 saturated heterocycles. The van der Waals surface area contributed by atoms with Crippen molar-refractivity contribution in [3.8, 4) is 0 Å². The second-order valence-electron chi connectivity index (χ2n) is 4.12. The second-order valence-corrected chi connectivity index (χ2v) is 5.24. The summed E-state index contributed by atoms with van der Waals surface area (Å²) in [5.41, 5.74) is -1.76. The van der Waals surface area contributed by atoms with Gasteiger partial charge in [0.1, 0.15) is 0 Å². The van der Waals surface area contributed by atoms with Crippen LogP contribution in [-0.2, 0) is 12.4 Å². The molecule has 0 aromatic heterocycles. The predicted molar refractivity (Wildman–Crippen MR) is 67.0 cm³/mol. The number of alkyl halides is 6. The van der Waals surface area contributed by atoms with Crippen molar-refractivity contribution < 1.29 is 26.3 Å². The highest BCUT2D eigenvalue weighted by Gasteiger charge is 2.34. The van der Waals surface area contributed by atoms with Gasteiger partial charge in [0.25, 0.3) is 0 Å². The molecule has 0 aliphatic carbocycles. The summed E-state index contributed by atoms with van der Waals surface area (Å²) in [6.45, 7) is 0. The zero-order valence-corrected chi connectivity index (χ0v) is 11.1. The summed E-state index contributed by atoms with van der Waals surface area (Å²) in [5.74, 6) is 0. The highest BCUT2D eigenvalue weighted by molar-refractivity contribution is 7.99.